The summed E-state index contributed by atoms with van der Waals surface area (Å²) in [6.07, 6.45) is 5.18. The van der Waals surface area contributed by atoms with Gasteiger partial charge in [0.05, 0.1) is 22.4 Å². The first-order chi connectivity index (χ1) is 19.3. The molecule has 5 heterocycles. The third-order valence-electron chi connectivity index (χ3n) is 6.04. The molecule has 0 fully saturated rings. The Hall–Kier alpha value is -4.17. The summed E-state index contributed by atoms with van der Waals surface area (Å²) in [5.41, 5.74) is 9.29. The van der Waals surface area contributed by atoms with Gasteiger partial charge in [-0.3, -0.25) is 5.41 Å². The minimum atomic E-state index is 0. The average molecular weight is 617 g/mol. The van der Waals surface area contributed by atoms with Gasteiger partial charge in [0.2, 0.25) is 0 Å². The van der Waals surface area contributed by atoms with Crippen LogP contribution < -0.4 is 20.5 Å². The Balaban J connectivity index is 0.00000242. The van der Waals surface area contributed by atoms with Crippen molar-refractivity contribution in [3.05, 3.63) is 60.6 Å². The molecule has 0 atom stereocenters. The molecule has 0 aromatic carbocycles. The van der Waals surface area contributed by atoms with Gasteiger partial charge in [0.15, 0.2) is 17.4 Å². The number of anilines is 1. The molecule has 1 aliphatic rings. The lowest BCUT2D eigenvalue weighted by Crippen LogP contribution is -2.29. The van der Waals surface area contributed by atoms with Gasteiger partial charge in [-0.2, -0.15) is 0 Å². The number of nitrogens with zero attached hydrogens (tertiary/aromatic N) is 8. The van der Waals surface area contributed by atoms with E-state index in [9.17, 15) is 0 Å². The van der Waals surface area contributed by atoms with Crippen LogP contribution in [0.25, 0.3) is 11.0 Å². The minimum absolute atomic E-state index is 0. The van der Waals surface area contributed by atoms with Crippen LogP contribution in [-0.4, -0.2) is 101 Å². The van der Waals surface area contributed by atoms with Crippen LogP contribution in [-0.2, 0) is 0 Å². The second-order valence-electron chi connectivity index (χ2n) is 9.73. The highest BCUT2D eigenvalue weighted by Gasteiger charge is 2.23. The number of amidine groups is 2. The molecule has 13 nitrogen and oxygen atoms in total. The third-order valence-corrected chi connectivity index (χ3v) is 6.04. The van der Waals surface area contributed by atoms with E-state index in [4.69, 9.17) is 25.6 Å². The average Bonchev–Trinajstić information content (AvgIpc) is 3.44. The number of likely N-dealkylation sites (N-methyl/N-ethyl adjacent to an activating group) is 2. The molecule has 4 N–H and O–H groups in total. The maximum Gasteiger partial charge on any atom is 0.260 e. The van der Waals surface area contributed by atoms with Crippen molar-refractivity contribution in [2.75, 3.05) is 59.8 Å². The maximum atomic E-state index is 8.57. The van der Waals surface area contributed by atoms with Crippen LogP contribution in [0, 0.1) is 5.41 Å². The van der Waals surface area contributed by atoms with Crippen LogP contribution >= 0.6 is 24.8 Å². The quantitative estimate of drug-likeness (QED) is 0.247. The molecule has 1 aliphatic heterocycles. The molecule has 0 aliphatic carbocycles. The Kier molecular flexibility index (Phi) is 10.9. The van der Waals surface area contributed by atoms with Gasteiger partial charge in [-0.25, -0.2) is 19.0 Å². The molecular weight excluding hydrogens is 581 g/mol. The number of halogens is 2. The molecule has 5 rings (SSSR count). The Labute approximate surface area is 256 Å². The summed E-state index contributed by atoms with van der Waals surface area (Å²) in [4.78, 5) is 13.5. The van der Waals surface area contributed by atoms with E-state index >= 15 is 0 Å². The van der Waals surface area contributed by atoms with Gasteiger partial charge in [-0.1, -0.05) is 12.1 Å². The molecule has 0 unspecified atom stereocenters. The molecule has 0 saturated carbocycles. The largest absolute Gasteiger partial charge is 0.474 e. The van der Waals surface area contributed by atoms with Crippen molar-refractivity contribution < 1.29 is 9.47 Å². The first-order valence-electron chi connectivity index (χ1n) is 12.8. The van der Waals surface area contributed by atoms with Crippen LogP contribution in [0.2, 0.25) is 0 Å². The van der Waals surface area contributed by atoms with E-state index in [1.54, 1.807) is 9.03 Å². The van der Waals surface area contributed by atoms with Gasteiger partial charge in [-0.15, -0.1) is 35.0 Å². The van der Waals surface area contributed by atoms with Gasteiger partial charge in [0.25, 0.3) is 11.8 Å². The molecule has 0 radical (unpaired) electrons. The lowest BCUT2D eigenvalue weighted by molar-refractivity contribution is 0.253. The summed E-state index contributed by atoms with van der Waals surface area (Å²) in [5, 5.41) is 20.9. The van der Waals surface area contributed by atoms with E-state index in [0.717, 1.165) is 17.6 Å². The first-order valence-corrected chi connectivity index (χ1v) is 12.8. The summed E-state index contributed by atoms with van der Waals surface area (Å²) < 4.78 is 15.4. The number of nitrogens with two attached hydrogens (primary N) is 1. The van der Waals surface area contributed by atoms with Crippen molar-refractivity contribution in [2.45, 2.75) is 0 Å². The summed E-state index contributed by atoms with van der Waals surface area (Å²) in [7, 11) is 7.90. The number of aromatic nitrogens is 4. The van der Waals surface area contributed by atoms with E-state index in [1.807, 2.05) is 86.8 Å². The molecule has 42 heavy (non-hydrogen) atoms. The Bertz CT molecular complexity index is 1640. The third kappa shape index (κ3) is 7.18. The van der Waals surface area contributed by atoms with Crippen LogP contribution in [0.5, 0.6) is 11.8 Å². The second-order valence-corrected chi connectivity index (χ2v) is 9.73. The molecule has 0 bridgehead atoms. The number of pyridine rings is 2. The highest BCUT2D eigenvalue weighted by Crippen LogP contribution is 2.33. The molecule has 4 aromatic heterocycles. The van der Waals surface area contributed by atoms with Crippen molar-refractivity contribution >= 4 is 64.6 Å². The van der Waals surface area contributed by atoms with Crippen molar-refractivity contribution in [2.24, 2.45) is 15.7 Å². The fourth-order valence-corrected chi connectivity index (χ4v) is 3.94. The zero-order valence-corrected chi connectivity index (χ0v) is 25.4. The zero-order chi connectivity index (χ0) is 28.2. The molecule has 0 saturated heterocycles. The van der Waals surface area contributed by atoms with Crippen molar-refractivity contribution in [3.63, 3.8) is 0 Å². The normalized spacial score (nSPS) is 14.1. The molecule has 0 spiro atoms. The minimum Gasteiger partial charge on any atom is -0.474 e. The predicted molar refractivity (Wildman–Crippen MR) is 171 cm³/mol. The molecule has 4 aromatic rings. The lowest BCUT2D eigenvalue weighted by atomic mass is 10.2. The Morgan fingerprint density at radius 2 is 1.45 bits per heavy atom. The molecule has 0 amide bonds. The summed E-state index contributed by atoms with van der Waals surface area (Å²) >= 11 is 0. The van der Waals surface area contributed by atoms with Gasteiger partial charge in [-0.05, 0) is 58.5 Å². The highest BCUT2D eigenvalue weighted by molar-refractivity contribution is 6.52. The molecule has 224 valence electrons. The van der Waals surface area contributed by atoms with E-state index < -0.39 is 0 Å². The lowest BCUT2D eigenvalue weighted by Gasteiger charge is -2.16. The fraction of sp³-hybridized carbons (Fsp3) is 0.296. The van der Waals surface area contributed by atoms with Crippen LogP contribution in [0.3, 0.4) is 0 Å². The van der Waals surface area contributed by atoms with Gasteiger partial charge in [0.1, 0.15) is 18.9 Å². The number of rotatable bonds is 10. The Morgan fingerprint density at radius 3 is 2.10 bits per heavy atom. The van der Waals surface area contributed by atoms with Crippen molar-refractivity contribution in [1.82, 2.24) is 29.0 Å². The number of hydrogen-bond donors (Lipinski definition) is 3. The SMILES string of the molecule is CN(C)CCOc1nn2ccccc2c1N=C1N=C(Nc2c(OCCN(C)C)nn3ccccc23)C(=N)C=C1N.Cl.Cl. The Morgan fingerprint density at radius 1 is 0.881 bits per heavy atom. The number of ether oxygens (including phenoxy) is 2. The van der Waals surface area contributed by atoms with E-state index in [0.29, 0.717) is 42.9 Å². The monoisotopic (exact) mass is 615 g/mol. The van der Waals surface area contributed by atoms with Gasteiger partial charge < -0.3 is 30.3 Å². The van der Waals surface area contributed by atoms with Crippen molar-refractivity contribution in [3.8, 4) is 11.8 Å². The zero-order valence-electron chi connectivity index (χ0n) is 23.8. The van der Waals surface area contributed by atoms with Crippen LogP contribution in [0.15, 0.2) is 70.5 Å². The van der Waals surface area contributed by atoms with E-state index in [2.05, 4.69) is 20.5 Å². The second kappa shape index (κ2) is 14.1. The van der Waals surface area contributed by atoms with Crippen molar-refractivity contribution in [1.29, 1.82) is 5.41 Å². The summed E-state index contributed by atoms with van der Waals surface area (Å²) in [6, 6.07) is 11.4. The summed E-state index contributed by atoms with van der Waals surface area (Å²) in [5.74, 6) is 1.28. The number of aliphatic imine (C=N–C) groups is 2. The van der Waals surface area contributed by atoms with Gasteiger partial charge >= 0.3 is 0 Å². The van der Waals surface area contributed by atoms with Crippen LogP contribution in [0.1, 0.15) is 0 Å². The van der Waals surface area contributed by atoms with Gasteiger partial charge in [0, 0.05) is 25.5 Å². The smallest absolute Gasteiger partial charge is 0.260 e. The topological polar surface area (TPSA) is 146 Å². The number of nitrogens with one attached hydrogen (secondary N) is 2. The molecule has 15 heteroatoms. The van der Waals surface area contributed by atoms with E-state index in [1.165, 1.54) is 6.08 Å². The maximum absolute atomic E-state index is 8.57. The fourth-order valence-electron chi connectivity index (χ4n) is 3.94. The standard InChI is InChI=1S/C27H33N11O2.2ClH/c1-35(2)13-15-39-26-22(20-9-5-7-11-37(20)33-26)30-24-18(28)17-19(29)25(32-24)31-23-21-10-6-8-12-38(21)34-27(23)40-16-14-36(3)4;;/h5-12,17,28H,13-16,29H2,1-4H3,(H,30,31,32);2*1H. The summed E-state index contributed by atoms with van der Waals surface area (Å²) in [6.45, 7) is 2.32. The molecular formula is C27H35Cl2N11O2. The number of dihydropyridines is 1. The van der Waals surface area contributed by atoms with Crippen LogP contribution in [0.4, 0.5) is 11.4 Å². The number of fused-ring (bicyclic) bond motifs is 2. The highest BCUT2D eigenvalue weighted by atomic mass is 35.5. The predicted octanol–water partition coefficient (Wildman–Crippen LogP) is 3.12. The van der Waals surface area contributed by atoms with E-state index in [-0.39, 0.29) is 47.9 Å². The number of hydrogen-bond acceptors (Lipinski definition) is 10. The first kappa shape index (κ1) is 32.3.